The van der Waals surface area contributed by atoms with E-state index in [0.29, 0.717) is 17.9 Å². The van der Waals surface area contributed by atoms with Gasteiger partial charge in [-0.2, -0.15) is 0 Å². The van der Waals surface area contributed by atoms with Gasteiger partial charge in [0, 0.05) is 5.56 Å². The third kappa shape index (κ3) is 3.72. The molecule has 0 saturated heterocycles. The van der Waals surface area contributed by atoms with E-state index in [4.69, 9.17) is 4.42 Å². The molecule has 0 spiro atoms. The Morgan fingerprint density at radius 2 is 1.78 bits per heavy atom. The van der Waals surface area contributed by atoms with E-state index in [1.807, 2.05) is 36.4 Å². The van der Waals surface area contributed by atoms with Gasteiger partial charge in [-0.1, -0.05) is 59.2 Å². The monoisotopic (exact) mass is 357 g/mol. The van der Waals surface area contributed by atoms with Crippen LogP contribution in [-0.4, -0.2) is 16.1 Å². The quantitative estimate of drug-likeness (QED) is 0.576. The Bertz CT molecular complexity index is 1130. The maximum Gasteiger partial charge on any atom is 0.322 e. The molecule has 0 aliphatic rings. The highest BCUT2D eigenvalue weighted by molar-refractivity contribution is 6.05. The second-order valence-electron chi connectivity index (χ2n) is 6.62. The molecule has 0 aliphatic carbocycles. The van der Waals surface area contributed by atoms with Gasteiger partial charge in [0.15, 0.2) is 0 Å². The van der Waals surface area contributed by atoms with Crippen LogP contribution in [0.4, 0.5) is 6.01 Å². The van der Waals surface area contributed by atoms with Crippen molar-refractivity contribution in [3.63, 3.8) is 0 Å². The van der Waals surface area contributed by atoms with Crippen LogP contribution in [0, 0.1) is 13.8 Å². The van der Waals surface area contributed by atoms with Crippen molar-refractivity contribution < 1.29 is 9.21 Å². The second kappa shape index (κ2) is 7.03. The molecular formula is C22H19N3O2. The molecule has 3 aromatic carbocycles. The van der Waals surface area contributed by atoms with Gasteiger partial charge in [-0.25, -0.2) is 0 Å². The van der Waals surface area contributed by atoms with E-state index in [1.165, 1.54) is 11.1 Å². The molecule has 0 aliphatic heterocycles. The first-order chi connectivity index (χ1) is 13.1. The fraction of sp³-hybridized carbons (Fsp3) is 0.136. The normalized spacial score (nSPS) is 10.9. The van der Waals surface area contributed by atoms with Crippen LogP contribution in [0.3, 0.4) is 0 Å². The highest BCUT2D eigenvalue weighted by Gasteiger charge is 2.13. The molecular weight excluding hydrogens is 338 g/mol. The predicted molar refractivity (Wildman–Crippen MR) is 105 cm³/mol. The molecule has 1 heterocycles. The molecule has 0 atom stereocenters. The topological polar surface area (TPSA) is 68.0 Å². The molecule has 4 rings (SSSR count). The maximum atomic E-state index is 12.5. The fourth-order valence-corrected chi connectivity index (χ4v) is 3.08. The minimum Gasteiger partial charge on any atom is -0.407 e. The van der Waals surface area contributed by atoms with Crippen LogP contribution in [0.15, 0.2) is 65.1 Å². The zero-order valence-corrected chi connectivity index (χ0v) is 15.2. The number of carbonyl (C=O) groups is 1. The van der Waals surface area contributed by atoms with Gasteiger partial charge in [0.1, 0.15) is 0 Å². The lowest BCUT2D eigenvalue weighted by Crippen LogP contribution is -2.12. The van der Waals surface area contributed by atoms with Crippen molar-refractivity contribution in [2.24, 2.45) is 0 Å². The van der Waals surface area contributed by atoms with Crippen LogP contribution in [0.5, 0.6) is 0 Å². The van der Waals surface area contributed by atoms with Gasteiger partial charge < -0.3 is 4.42 Å². The highest BCUT2D eigenvalue weighted by atomic mass is 16.4. The molecule has 0 radical (unpaired) electrons. The minimum absolute atomic E-state index is 0.105. The molecule has 5 heteroatoms. The summed E-state index contributed by atoms with van der Waals surface area (Å²) in [6.07, 6.45) is 0.533. The largest absolute Gasteiger partial charge is 0.407 e. The van der Waals surface area contributed by atoms with Crippen LogP contribution < -0.4 is 5.32 Å². The van der Waals surface area contributed by atoms with Crippen LogP contribution in [0.1, 0.15) is 32.9 Å². The van der Waals surface area contributed by atoms with Crippen molar-refractivity contribution in [3.8, 4) is 0 Å². The molecule has 1 amide bonds. The van der Waals surface area contributed by atoms with Crippen LogP contribution in [-0.2, 0) is 6.42 Å². The first-order valence-corrected chi connectivity index (χ1v) is 8.77. The van der Waals surface area contributed by atoms with Gasteiger partial charge in [-0.05, 0) is 47.9 Å². The van der Waals surface area contributed by atoms with Crippen molar-refractivity contribution in [1.82, 2.24) is 10.2 Å². The molecule has 134 valence electrons. The van der Waals surface area contributed by atoms with Gasteiger partial charge in [0.25, 0.3) is 5.91 Å². The zero-order chi connectivity index (χ0) is 18.8. The average Bonchev–Trinajstić information content (AvgIpc) is 3.10. The van der Waals surface area contributed by atoms with Crippen LogP contribution in [0.25, 0.3) is 10.8 Å². The Kier molecular flexibility index (Phi) is 4.42. The Morgan fingerprint density at radius 3 is 2.59 bits per heavy atom. The molecule has 1 aromatic heterocycles. The molecule has 0 bridgehead atoms. The Hall–Kier alpha value is -3.47. The number of amides is 1. The third-order valence-corrected chi connectivity index (χ3v) is 4.54. The number of carbonyl (C=O) groups excluding carboxylic acids is 1. The van der Waals surface area contributed by atoms with Gasteiger partial charge in [0.2, 0.25) is 5.89 Å². The summed E-state index contributed by atoms with van der Waals surface area (Å²) >= 11 is 0. The SMILES string of the molecule is Cc1ccc(Cc2nnc(NC(=O)c3ccc4ccccc4c3)o2)c(C)c1. The highest BCUT2D eigenvalue weighted by Crippen LogP contribution is 2.18. The standard InChI is InChI=1S/C22H19N3O2/c1-14-7-8-17(15(2)11-14)13-20-24-25-22(27-20)23-21(26)19-10-9-16-5-3-4-6-18(16)12-19/h3-12H,13H2,1-2H3,(H,23,25,26). The summed E-state index contributed by atoms with van der Waals surface area (Å²) in [6.45, 7) is 4.12. The fourth-order valence-electron chi connectivity index (χ4n) is 3.08. The van der Waals surface area contributed by atoms with Crippen molar-refractivity contribution in [3.05, 3.63) is 88.8 Å². The number of rotatable bonds is 4. The lowest BCUT2D eigenvalue weighted by Gasteiger charge is -2.04. The van der Waals surface area contributed by atoms with Gasteiger partial charge in [-0.3, -0.25) is 10.1 Å². The Labute approximate surface area is 157 Å². The number of aromatic nitrogens is 2. The summed E-state index contributed by atoms with van der Waals surface area (Å²) in [5.41, 5.74) is 4.06. The maximum absolute atomic E-state index is 12.5. The molecule has 0 fully saturated rings. The number of benzene rings is 3. The summed E-state index contributed by atoms with van der Waals surface area (Å²) in [7, 11) is 0. The second-order valence-corrected chi connectivity index (χ2v) is 6.62. The Balaban J connectivity index is 1.48. The smallest absolute Gasteiger partial charge is 0.322 e. The number of fused-ring (bicyclic) bond motifs is 1. The van der Waals surface area contributed by atoms with Crippen molar-refractivity contribution >= 4 is 22.7 Å². The summed E-state index contributed by atoms with van der Waals surface area (Å²) < 4.78 is 5.60. The third-order valence-electron chi connectivity index (χ3n) is 4.54. The predicted octanol–water partition coefficient (Wildman–Crippen LogP) is 4.68. The zero-order valence-electron chi connectivity index (χ0n) is 15.2. The van der Waals surface area contributed by atoms with Gasteiger partial charge in [0.05, 0.1) is 6.42 Å². The molecule has 0 saturated carbocycles. The van der Waals surface area contributed by atoms with Crippen molar-refractivity contribution in [2.45, 2.75) is 20.3 Å². The number of anilines is 1. The van der Waals surface area contributed by atoms with Crippen LogP contribution >= 0.6 is 0 Å². The number of nitrogens with one attached hydrogen (secondary N) is 1. The minimum atomic E-state index is -0.275. The lowest BCUT2D eigenvalue weighted by molar-refractivity contribution is 0.102. The van der Waals surface area contributed by atoms with E-state index in [2.05, 4.69) is 47.6 Å². The summed E-state index contributed by atoms with van der Waals surface area (Å²) in [6, 6.07) is 19.8. The first kappa shape index (κ1) is 17.0. The van der Waals surface area contributed by atoms with Crippen LogP contribution in [0.2, 0.25) is 0 Å². The average molecular weight is 357 g/mol. The summed E-state index contributed by atoms with van der Waals surface area (Å²) in [5, 5.41) is 12.7. The first-order valence-electron chi connectivity index (χ1n) is 8.77. The van der Waals surface area contributed by atoms with E-state index in [-0.39, 0.29) is 11.9 Å². The van der Waals surface area contributed by atoms with Gasteiger partial charge >= 0.3 is 6.01 Å². The van der Waals surface area contributed by atoms with E-state index in [0.717, 1.165) is 16.3 Å². The molecule has 5 nitrogen and oxygen atoms in total. The molecule has 27 heavy (non-hydrogen) atoms. The summed E-state index contributed by atoms with van der Waals surface area (Å²) in [4.78, 5) is 12.5. The van der Waals surface area contributed by atoms with Crippen molar-refractivity contribution in [1.29, 1.82) is 0 Å². The van der Waals surface area contributed by atoms with E-state index >= 15 is 0 Å². The van der Waals surface area contributed by atoms with Gasteiger partial charge in [-0.15, -0.1) is 5.10 Å². The molecule has 1 N–H and O–H groups in total. The van der Waals surface area contributed by atoms with E-state index < -0.39 is 0 Å². The number of hydrogen-bond donors (Lipinski definition) is 1. The number of hydrogen-bond acceptors (Lipinski definition) is 4. The number of aryl methyl sites for hydroxylation is 2. The van der Waals surface area contributed by atoms with E-state index in [1.54, 1.807) is 6.07 Å². The summed E-state index contributed by atoms with van der Waals surface area (Å²) in [5.74, 6) is 0.193. The molecule has 4 aromatic rings. The number of nitrogens with zero attached hydrogens (tertiary/aromatic N) is 2. The van der Waals surface area contributed by atoms with E-state index in [9.17, 15) is 4.79 Å². The molecule has 0 unspecified atom stereocenters. The Morgan fingerprint density at radius 1 is 0.963 bits per heavy atom. The lowest BCUT2D eigenvalue weighted by atomic mass is 10.0. The van der Waals surface area contributed by atoms with Crippen molar-refractivity contribution in [2.75, 3.05) is 5.32 Å².